The van der Waals surface area contributed by atoms with Crippen LogP contribution in [0.1, 0.15) is 6.92 Å². The number of hydrogen-bond acceptors (Lipinski definition) is 1. The van der Waals surface area contributed by atoms with Gasteiger partial charge in [0.05, 0.1) is 0 Å². The van der Waals surface area contributed by atoms with Crippen molar-refractivity contribution in [3.8, 4) is 0 Å². The van der Waals surface area contributed by atoms with Gasteiger partial charge in [-0.1, -0.05) is 6.92 Å². The molecule has 0 aromatic heterocycles. The number of hydrogen-bond donors (Lipinski definition) is 1. The zero-order valence-corrected chi connectivity index (χ0v) is 4.63. The highest BCUT2D eigenvalue weighted by Gasteiger charge is 1.78. The molecule has 0 aliphatic rings. The highest BCUT2D eigenvalue weighted by molar-refractivity contribution is 7.54. The first-order valence-corrected chi connectivity index (χ1v) is 3.77. The molecule has 2 N–H and O–H groups in total. The van der Waals surface area contributed by atoms with Crippen LogP contribution in [-0.4, -0.2) is 12.8 Å². The van der Waals surface area contributed by atoms with Crippen molar-refractivity contribution in [3.63, 3.8) is 0 Å². The Kier molecular flexibility index (Phi) is 2.82. The maximum Gasteiger partial charge on any atom is -0.0228 e. The maximum absolute atomic E-state index is 5.36. The predicted octanol–water partition coefficient (Wildman–Crippen LogP) is 0.992. The van der Waals surface area contributed by atoms with Crippen molar-refractivity contribution in [2.24, 2.45) is 5.50 Å². The van der Waals surface area contributed by atoms with Crippen LogP contribution in [0.4, 0.5) is 0 Å². The Bertz CT molecular complexity index is 20.9. The summed E-state index contributed by atoms with van der Waals surface area (Å²) in [6, 6.07) is 0. The van der Waals surface area contributed by atoms with Crippen molar-refractivity contribution in [1.82, 2.24) is 0 Å². The van der Waals surface area contributed by atoms with Gasteiger partial charge in [0.25, 0.3) is 0 Å². The molecule has 0 aliphatic carbocycles. The first-order valence-electron chi connectivity index (χ1n) is 1.73. The Hall–Kier alpha value is 0.390. The first kappa shape index (κ1) is 5.39. The fourth-order valence-electron chi connectivity index (χ4n) is 0. The second kappa shape index (κ2) is 2.62. The molecule has 1 nitrogen and oxygen atoms in total. The highest BCUT2D eigenvalue weighted by Crippen LogP contribution is 2.15. The van der Waals surface area contributed by atoms with Crippen LogP contribution in [-0.2, 0) is 0 Å². The van der Waals surface area contributed by atoms with Crippen molar-refractivity contribution in [2.75, 3.05) is 12.8 Å². The zero-order chi connectivity index (χ0) is 4.28. The molecule has 32 valence electrons. The van der Waals surface area contributed by atoms with E-state index in [1.807, 2.05) is 0 Å². The molecular weight excluding hydrogens is 81.0 g/mol. The molecule has 1 atom stereocenters. The van der Waals surface area contributed by atoms with Crippen LogP contribution in [0.25, 0.3) is 0 Å². The molecule has 0 spiro atoms. The van der Waals surface area contributed by atoms with E-state index >= 15 is 0 Å². The summed E-state index contributed by atoms with van der Waals surface area (Å²) < 4.78 is 0. The molecule has 5 heavy (non-hydrogen) atoms. The maximum atomic E-state index is 5.36. The fourth-order valence-corrected chi connectivity index (χ4v) is 0. The van der Waals surface area contributed by atoms with E-state index in [1.54, 1.807) is 0 Å². The molecule has 0 unspecified atom stereocenters. The average molecular weight is 91.1 g/mol. The predicted molar refractivity (Wildman–Crippen MR) is 27.6 cm³/mol. The summed E-state index contributed by atoms with van der Waals surface area (Å²) in [4.78, 5) is 0. The summed E-state index contributed by atoms with van der Waals surface area (Å²) in [6.45, 7) is 4.17. The van der Waals surface area contributed by atoms with Crippen molar-refractivity contribution in [3.05, 3.63) is 0 Å². The molecule has 0 aromatic rings. The topological polar surface area (TPSA) is 26.0 Å². The molecule has 0 fully saturated rings. The van der Waals surface area contributed by atoms with Gasteiger partial charge in [-0.3, -0.25) is 0 Å². The van der Waals surface area contributed by atoms with Gasteiger partial charge >= 0.3 is 0 Å². The molecule has 0 amide bonds. The summed E-state index contributed by atoms with van der Waals surface area (Å²) in [5.74, 6) is 0. The van der Waals surface area contributed by atoms with Crippen LogP contribution in [0.2, 0.25) is 0 Å². The third-order valence-electron chi connectivity index (χ3n) is 0.499. The van der Waals surface area contributed by atoms with E-state index in [0.717, 1.165) is 6.16 Å². The minimum atomic E-state index is -0.0983. The molecular formula is C3H10NP. The summed E-state index contributed by atoms with van der Waals surface area (Å²) in [7, 11) is -0.0983. The lowest BCUT2D eigenvalue weighted by atomic mass is 11.0. The average Bonchev–Trinajstić information content (AvgIpc) is 1.38. The number of rotatable bonds is 1. The normalized spacial score (nSPS) is 15.0. The van der Waals surface area contributed by atoms with Crippen LogP contribution < -0.4 is 5.50 Å². The van der Waals surface area contributed by atoms with Crippen LogP contribution in [0.5, 0.6) is 0 Å². The van der Waals surface area contributed by atoms with E-state index < -0.39 is 0 Å². The van der Waals surface area contributed by atoms with Gasteiger partial charge in [-0.05, 0) is 20.9 Å². The van der Waals surface area contributed by atoms with Gasteiger partial charge in [-0.15, -0.1) is 0 Å². The summed E-state index contributed by atoms with van der Waals surface area (Å²) in [6.07, 6.45) is 1.15. The second-order valence-electron chi connectivity index (χ2n) is 1.07. The summed E-state index contributed by atoms with van der Waals surface area (Å²) in [5, 5.41) is 0. The van der Waals surface area contributed by atoms with Gasteiger partial charge in [-0.25, -0.2) is 0 Å². The van der Waals surface area contributed by atoms with E-state index in [2.05, 4.69) is 13.6 Å². The van der Waals surface area contributed by atoms with Crippen LogP contribution in [0.15, 0.2) is 0 Å². The minimum absolute atomic E-state index is 0.0983. The lowest BCUT2D eigenvalue weighted by Gasteiger charge is -1.92. The molecule has 0 radical (unpaired) electrons. The van der Waals surface area contributed by atoms with Gasteiger partial charge in [0.15, 0.2) is 0 Å². The quantitative estimate of drug-likeness (QED) is 0.478. The third-order valence-corrected chi connectivity index (χ3v) is 1.50. The lowest BCUT2D eigenvalue weighted by molar-refractivity contribution is 1.48. The van der Waals surface area contributed by atoms with E-state index in [4.69, 9.17) is 5.50 Å². The molecule has 0 heterocycles. The Balaban J connectivity index is 2.54. The van der Waals surface area contributed by atoms with Crippen molar-refractivity contribution < 1.29 is 0 Å². The molecule has 0 aliphatic heterocycles. The van der Waals surface area contributed by atoms with Crippen molar-refractivity contribution in [2.45, 2.75) is 6.92 Å². The minimum Gasteiger partial charge on any atom is -0.310 e. The Morgan fingerprint density at radius 2 is 2.00 bits per heavy atom. The van der Waals surface area contributed by atoms with E-state index in [0.29, 0.717) is 0 Å². The third kappa shape index (κ3) is 4.39. The van der Waals surface area contributed by atoms with E-state index in [9.17, 15) is 0 Å². The highest BCUT2D eigenvalue weighted by atomic mass is 31.1. The van der Waals surface area contributed by atoms with Gasteiger partial charge < -0.3 is 5.50 Å². The zero-order valence-electron chi connectivity index (χ0n) is 3.73. The standard InChI is InChI=1S/C3H10NP/c1-3-5(2)4/h3-4H2,1-2H3/t5-/m0/s1. The second-order valence-corrected chi connectivity index (χ2v) is 3.22. The molecule has 0 saturated heterocycles. The molecule has 0 saturated carbocycles. The van der Waals surface area contributed by atoms with Gasteiger partial charge in [0.1, 0.15) is 0 Å². The SMILES string of the molecule is CC[P@](C)N. The Labute approximate surface area is 34.4 Å². The van der Waals surface area contributed by atoms with Gasteiger partial charge in [0.2, 0.25) is 0 Å². The fraction of sp³-hybridized carbons (Fsp3) is 1.00. The smallest absolute Gasteiger partial charge is 0.0228 e. The molecule has 0 rings (SSSR count). The van der Waals surface area contributed by atoms with E-state index in [-0.39, 0.29) is 8.07 Å². The van der Waals surface area contributed by atoms with Crippen LogP contribution in [0, 0.1) is 0 Å². The summed E-state index contributed by atoms with van der Waals surface area (Å²) >= 11 is 0. The monoisotopic (exact) mass is 91.1 g/mol. The van der Waals surface area contributed by atoms with Crippen molar-refractivity contribution in [1.29, 1.82) is 0 Å². The lowest BCUT2D eigenvalue weighted by Crippen LogP contribution is -1.84. The Morgan fingerprint density at radius 1 is 1.80 bits per heavy atom. The molecule has 0 aromatic carbocycles. The largest absolute Gasteiger partial charge is 0.310 e. The molecule has 2 heteroatoms. The first-order chi connectivity index (χ1) is 2.27. The summed E-state index contributed by atoms with van der Waals surface area (Å²) in [5.41, 5.74) is 5.36. The van der Waals surface area contributed by atoms with Crippen molar-refractivity contribution >= 4 is 8.07 Å². The molecule has 0 bridgehead atoms. The van der Waals surface area contributed by atoms with Crippen LogP contribution in [0.3, 0.4) is 0 Å². The van der Waals surface area contributed by atoms with E-state index in [1.165, 1.54) is 0 Å². The number of nitrogens with two attached hydrogens (primary N) is 1. The van der Waals surface area contributed by atoms with Gasteiger partial charge in [0, 0.05) is 0 Å². The van der Waals surface area contributed by atoms with Crippen LogP contribution >= 0.6 is 8.07 Å². The van der Waals surface area contributed by atoms with Gasteiger partial charge in [-0.2, -0.15) is 0 Å². The Morgan fingerprint density at radius 3 is 2.00 bits per heavy atom.